The van der Waals surface area contributed by atoms with Crippen LogP contribution in [0.15, 0.2) is 36.2 Å². The molecule has 0 fully saturated rings. The van der Waals surface area contributed by atoms with Gasteiger partial charge in [0.1, 0.15) is 12.4 Å². The van der Waals surface area contributed by atoms with E-state index in [1.807, 2.05) is 31.2 Å². The number of benzene rings is 1. The lowest BCUT2D eigenvalue weighted by Crippen LogP contribution is -2.31. The van der Waals surface area contributed by atoms with Crippen LogP contribution in [0, 0.1) is 6.92 Å². The minimum atomic E-state index is 0.253. The lowest BCUT2D eigenvalue weighted by Gasteiger charge is -2.15. The number of aryl methyl sites for hydroxylation is 1. The van der Waals surface area contributed by atoms with Crippen LogP contribution in [0.5, 0.6) is 5.75 Å². The first-order valence-electron chi connectivity index (χ1n) is 17.8. The Bertz CT molecular complexity index is 935. The van der Waals surface area contributed by atoms with Gasteiger partial charge in [0.2, 0.25) is 6.41 Å². The molecule has 0 heterocycles. The summed E-state index contributed by atoms with van der Waals surface area (Å²) in [6, 6.07) is 7.77. The van der Waals surface area contributed by atoms with E-state index in [1.54, 1.807) is 6.20 Å². The maximum atomic E-state index is 10.1. The highest BCUT2D eigenvalue weighted by molar-refractivity contribution is 5.45. The van der Waals surface area contributed by atoms with Crippen LogP contribution in [0.1, 0.15) is 5.56 Å². The Morgan fingerprint density at radius 2 is 0.885 bits per heavy atom. The minimum absolute atomic E-state index is 0.253. The smallest absolute Gasteiger partial charge is 0.207 e. The quantitative estimate of drug-likeness (QED) is 0.0357. The molecule has 0 bridgehead atoms. The highest BCUT2D eigenvalue weighted by Gasteiger charge is 2.00. The second-order valence-electron chi connectivity index (χ2n) is 10.9. The number of amides is 1. The molecule has 1 rings (SSSR count). The van der Waals surface area contributed by atoms with Crippen LogP contribution < -0.4 is 21.6 Å². The Labute approximate surface area is 309 Å². The lowest BCUT2D eigenvalue weighted by molar-refractivity contribution is -0.109. The standard InChI is InChI=1S/C35H64N4O13/c1-33-2-4-35(5-3-33)52-31-34(36)30-39(37)7-9-42-11-13-44-15-17-46-19-21-48-23-25-50-27-29-51-28-26-49-24-22-47-20-18-45-16-14-43-12-10-41-8-6-38-32-40/h2-5,30,32H,6-29,31,36-37H2,1H3,(H,38,40)/b34-30-. The van der Waals surface area contributed by atoms with Gasteiger partial charge in [0.25, 0.3) is 0 Å². The fourth-order valence-corrected chi connectivity index (χ4v) is 3.78. The van der Waals surface area contributed by atoms with E-state index in [0.29, 0.717) is 171 Å². The van der Waals surface area contributed by atoms with E-state index in [2.05, 4.69) is 5.32 Å². The molecule has 0 aliphatic heterocycles. The molecule has 1 aromatic rings. The first kappa shape index (κ1) is 47.4. The minimum Gasteiger partial charge on any atom is -0.487 e. The molecule has 1 amide bonds. The summed E-state index contributed by atoms with van der Waals surface area (Å²) in [7, 11) is 0. The first-order chi connectivity index (χ1) is 25.6. The second kappa shape index (κ2) is 38.1. The number of carbonyl (C=O) groups is 1. The van der Waals surface area contributed by atoms with E-state index >= 15 is 0 Å². The van der Waals surface area contributed by atoms with Crippen molar-refractivity contribution < 1.29 is 61.6 Å². The van der Waals surface area contributed by atoms with Crippen LogP contribution in [0.3, 0.4) is 0 Å². The van der Waals surface area contributed by atoms with Crippen LogP contribution in [0.4, 0.5) is 0 Å². The number of nitrogens with zero attached hydrogens (tertiary/aromatic N) is 1. The summed E-state index contributed by atoms with van der Waals surface area (Å²) in [5, 5.41) is 4.00. The molecular weight excluding hydrogens is 684 g/mol. The number of hydrogen-bond acceptors (Lipinski definition) is 16. The van der Waals surface area contributed by atoms with Crippen molar-refractivity contribution in [1.29, 1.82) is 0 Å². The molecule has 0 atom stereocenters. The van der Waals surface area contributed by atoms with Crippen molar-refractivity contribution >= 4 is 6.41 Å². The van der Waals surface area contributed by atoms with Gasteiger partial charge in [-0.3, -0.25) is 4.79 Å². The SMILES string of the molecule is Cc1ccc(OC/C(N)=C/N(N)CCOCCOCCOCCOCCOCCOCCOCCOCCOCCOCCOCCNC=O)cc1. The van der Waals surface area contributed by atoms with E-state index in [1.165, 1.54) is 10.6 Å². The van der Waals surface area contributed by atoms with Crippen molar-refractivity contribution in [2.75, 3.05) is 165 Å². The number of nitrogens with two attached hydrogens (primary N) is 2. The molecule has 0 saturated heterocycles. The fraction of sp³-hybridized carbons (Fsp3) is 0.743. The molecule has 0 aliphatic carbocycles. The van der Waals surface area contributed by atoms with Crippen LogP contribution in [0.2, 0.25) is 0 Å². The second-order valence-corrected chi connectivity index (χ2v) is 10.9. The highest BCUT2D eigenvalue weighted by atomic mass is 16.6. The van der Waals surface area contributed by atoms with Crippen LogP contribution in [0.25, 0.3) is 0 Å². The van der Waals surface area contributed by atoms with E-state index in [9.17, 15) is 4.79 Å². The summed E-state index contributed by atoms with van der Waals surface area (Å²) in [4.78, 5) is 10.1. The van der Waals surface area contributed by atoms with Crippen LogP contribution in [-0.4, -0.2) is 176 Å². The summed E-state index contributed by atoms with van der Waals surface area (Å²) in [5.74, 6) is 6.70. The Hall–Kier alpha value is -2.65. The third-order valence-electron chi connectivity index (χ3n) is 6.45. The highest BCUT2D eigenvalue weighted by Crippen LogP contribution is 2.11. The summed E-state index contributed by atoms with van der Waals surface area (Å²) in [6.07, 6.45) is 2.28. The number of hydrogen-bond donors (Lipinski definition) is 3. The zero-order valence-electron chi connectivity index (χ0n) is 31.1. The predicted octanol–water partition coefficient (Wildman–Crippen LogP) is 0.278. The molecule has 5 N–H and O–H groups in total. The number of nitrogens with one attached hydrogen (secondary N) is 1. The molecule has 52 heavy (non-hydrogen) atoms. The van der Waals surface area contributed by atoms with Crippen molar-refractivity contribution in [2.24, 2.45) is 11.6 Å². The number of ether oxygens (including phenoxy) is 12. The predicted molar refractivity (Wildman–Crippen MR) is 193 cm³/mol. The molecule has 0 aliphatic rings. The van der Waals surface area contributed by atoms with Gasteiger partial charge in [0.05, 0.1) is 158 Å². The Morgan fingerprint density at radius 1 is 0.558 bits per heavy atom. The third kappa shape index (κ3) is 34.4. The van der Waals surface area contributed by atoms with Gasteiger partial charge in [-0.25, -0.2) is 5.84 Å². The molecule has 0 saturated carbocycles. The zero-order valence-corrected chi connectivity index (χ0v) is 31.1. The van der Waals surface area contributed by atoms with Crippen molar-refractivity contribution in [3.05, 3.63) is 41.7 Å². The van der Waals surface area contributed by atoms with Gasteiger partial charge in [-0.15, -0.1) is 0 Å². The van der Waals surface area contributed by atoms with Gasteiger partial charge in [0.15, 0.2) is 0 Å². The number of carbonyl (C=O) groups excluding carboxylic acids is 1. The van der Waals surface area contributed by atoms with Crippen LogP contribution in [-0.2, 0) is 56.9 Å². The molecule has 0 unspecified atom stereocenters. The van der Waals surface area contributed by atoms with E-state index in [4.69, 9.17) is 68.4 Å². The van der Waals surface area contributed by atoms with Gasteiger partial charge in [-0.2, -0.15) is 0 Å². The monoisotopic (exact) mass is 748 g/mol. The fourth-order valence-electron chi connectivity index (χ4n) is 3.78. The van der Waals surface area contributed by atoms with Crippen molar-refractivity contribution in [3.8, 4) is 5.75 Å². The zero-order chi connectivity index (χ0) is 37.4. The first-order valence-corrected chi connectivity index (χ1v) is 17.8. The molecule has 0 aromatic heterocycles. The maximum absolute atomic E-state index is 10.1. The average molecular weight is 749 g/mol. The largest absolute Gasteiger partial charge is 0.487 e. The van der Waals surface area contributed by atoms with E-state index < -0.39 is 0 Å². The molecule has 17 heteroatoms. The summed E-state index contributed by atoms with van der Waals surface area (Å²) < 4.78 is 65.6. The van der Waals surface area contributed by atoms with Crippen molar-refractivity contribution in [3.63, 3.8) is 0 Å². The van der Waals surface area contributed by atoms with Gasteiger partial charge in [-0.05, 0) is 19.1 Å². The van der Waals surface area contributed by atoms with E-state index in [0.717, 1.165) is 5.75 Å². The Kier molecular flexibility index (Phi) is 34.7. The Morgan fingerprint density at radius 3 is 1.23 bits per heavy atom. The van der Waals surface area contributed by atoms with Crippen molar-refractivity contribution in [2.45, 2.75) is 6.92 Å². The third-order valence-corrected chi connectivity index (χ3v) is 6.45. The molecule has 0 radical (unpaired) electrons. The van der Waals surface area contributed by atoms with Gasteiger partial charge in [0, 0.05) is 12.7 Å². The van der Waals surface area contributed by atoms with Crippen molar-refractivity contribution in [1.82, 2.24) is 10.3 Å². The summed E-state index contributed by atoms with van der Waals surface area (Å²) >= 11 is 0. The van der Waals surface area contributed by atoms with Gasteiger partial charge >= 0.3 is 0 Å². The molecular formula is C35H64N4O13. The normalized spacial score (nSPS) is 11.6. The topological polar surface area (TPSA) is 195 Å². The molecule has 302 valence electrons. The van der Waals surface area contributed by atoms with E-state index in [-0.39, 0.29) is 6.61 Å². The Balaban J connectivity index is 1.68. The summed E-state index contributed by atoms with van der Waals surface area (Å²) in [5.41, 5.74) is 7.66. The lowest BCUT2D eigenvalue weighted by atomic mass is 10.2. The molecule has 0 spiro atoms. The number of hydrazine groups is 1. The van der Waals surface area contributed by atoms with Gasteiger partial charge in [-0.1, -0.05) is 17.7 Å². The van der Waals surface area contributed by atoms with Gasteiger partial charge < -0.3 is 72.9 Å². The van der Waals surface area contributed by atoms with Crippen LogP contribution >= 0.6 is 0 Å². The average Bonchev–Trinajstić information content (AvgIpc) is 3.14. The number of rotatable bonds is 41. The maximum Gasteiger partial charge on any atom is 0.207 e. The summed E-state index contributed by atoms with van der Waals surface area (Å²) in [6.45, 7) is 13.9. The molecule has 1 aromatic carbocycles. The molecule has 17 nitrogen and oxygen atoms in total.